The Morgan fingerprint density at radius 1 is 1.03 bits per heavy atom. The molecule has 3 aliphatic carbocycles. The van der Waals surface area contributed by atoms with E-state index >= 15 is 0 Å². The van der Waals surface area contributed by atoms with Crippen molar-refractivity contribution in [2.75, 3.05) is 11.5 Å². The maximum Gasteiger partial charge on any atom is 0.238 e. The maximum atomic E-state index is 13.9. The highest BCUT2D eigenvalue weighted by atomic mass is 79.9. The third kappa shape index (κ3) is 3.84. The van der Waals surface area contributed by atoms with Crippen molar-refractivity contribution in [2.24, 2.45) is 17.8 Å². The molecule has 2 aromatic rings. The third-order valence-electron chi connectivity index (χ3n) is 8.29. The number of imide groups is 1. The van der Waals surface area contributed by atoms with Crippen molar-refractivity contribution in [3.8, 4) is 11.5 Å². The Labute approximate surface area is 234 Å². The first-order valence-corrected chi connectivity index (χ1v) is 13.8. The predicted octanol–water partition coefficient (Wildman–Crippen LogP) is 5.19. The second-order valence-electron chi connectivity index (χ2n) is 10.3. The fourth-order valence-corrected chi connectivity index (χ4v) is 6.87. The number of Topliss-reactive ketones (excluding diaryl/α,β-unsaturated/α-hetero) is 1. The number of anilines is 1. The molecule has 39 heavy (non-hydrogen) atoms. The summed E-state index contributed by atoms with van der Waals surface area (Å²) in [4.78, 5) is 55.5. The number of fused-ring (bicyclic) bond motifs is 3. The molecule has 198 valence electrons. The summed E-state index contributed by atoms with van der Waals surface area (Å²) < 4.78 is 6.46. The van der Waals surface area contributed by atoms with E-state index in [1.165, 1.54) is 11.0 Å². The van der Waals surface area contributed by atoms with Crippen molar-refractivity contribution in [1.29, 1.82) is 0 Å². The highest BCUT2D eigenvalue weighted by Crippen LogP contribution is 2.57. The maximum absolute atomic E-state index is 13.9. The van der Waals surface area contributed by atoms with Crippen LogP contribution in [-0.2, 0) is 19.2 Å². The van der Waals surface area contributed by atoms with E-state index in [0.29, 0.717) is 41.0 Å². The molecule has 1 N–H and O–H groups in total. The van der Waals surface area contributed by atoms with Crippen LogP contribution in [0.4, 0.5) is 5.69 Å². The fourth-order valence-electron chi connectivity index (χ4n) is 6.61. The minimum atomic E-state index is -0.732. The Balaban J connectivity index is 1.50. The van der Waals surface area contributed by atoms with E-state index in [2.05, 4.69) is 15.9 Å². The second-order valence-corrected chi connectivity index (χ2v) is 11.3. The lowest BCUT2D eigenvalue weighted by Crippen LogP contribution is -2.39. The van der Waals surface area contributed by atoms with Crippen LogP contribution in [0.3, 0.4) is 0 Å². The van der Waals surface area contributed by atoms with Gasteiger partial charge in [-0.25, -0.2) is 0 Å². The lowest BCUT2D eigenvalue weighted by atomic mass is 9.59. The van der Waals surface area contributed by atoms with Crippen LogP contribution in [0.15, 0.2) is 81.4 Å². The highest BCUT2D eigenvalue weighted by Gasteiger charge is 2.56. The molecule has 2 amide bonds. The van der Waals surface area contributed by atoms with Crippen molar-refractivity contribution in [3.05, 3.63) is 86.9 Å². The molecule has 1 aliphatic heterocycles. The number of hydrogen-bond acceptors (Lipinski definition) is 6. The van der Waals surface area contributed by atoms with Gasteiger partial charge in [0.05, 0.1) is 24.1 Å². The first kappa shape index (κ1) is 25.5. The average Bonchev–Trinajstić information content (AvgIpc) is 3.18. The summed E-state index contributed by atoms with van der Waals surface area (Å²) >= 11 is 3.39. The van der Waals surface area contributed by atoms with Crippen molar-refractivity contribution < 1.29 is 29.0 Å². The lowest BCUT2D eigenvalue weighted by molar-refractivity contribution is -0.123. The molecule has 0 radical (unpaired) electrons. The van der Waals surface area contributed by atoms with Gasteiger partial charge in [-0.1, -0.05) is 39.7 Å². The number of ether oxygens (including phenoxy) is 1. The van der Waals surface area contributed by atoms with Gasteiger partial charge in [0.1, 0.15) is 0 Å². The summed E-state index contributed by atoms with van der Waals surface area (Å²) in [6.07, 6.45) is 3.80. The number of rotatable bonds is 4. The fraction of sp³-hybridized carbons (Fsp3) is 0.290. The number of aromatic hydroxyl groups is 1. The van der Waals surface area contributed by atoms with E-state index in [0.717, 1.165) is 10.0 Å². The summed E-state index contributed by atoms with van der Waals surface area (Å²) in [5.74, 6) is -3.34. The molecule has 2 aromatic carbocycles. The molecule has 0 saturated carbocycles. The van der Waals surface area contributed by atoms with Crippen molar-refractivity contribution in [1.82, 2.24) is 0 Å². The molecule has 0 bridgehead atoms. The van der Waals surface area contributed by atoms with Gasteiger partial charge in [-0.2, -0.15) is 0 Å². The van der Waals surface area contributed by atoms with E-state index in [1.807, 2.05) is 13.0 Å². The van der Waals surface area contributed by atoms with Crippen LogP contribution in [0.1, 0.15) is 38.2 Å². The van der Waals surface area contributed by atoms with E-state index in [1.54, 1.807) is 49.4 Å². The molecular weight excluding hydrogens is 562 g/mol. The quantitative estimate of drug-likeness (QED) is 0.300. The second kappa shape index (κ2) is 9.45. The van der Waals surface area contributed by atoms with Crippen molar-refractivity contribution in [3.63, 3.8) is 0 Å². The van der Waals surface area contributed by atoms with E-state index in [4.69, 9.17) is 4.74 Å². The predicted molar refractivity (Wildman–Crippen MR) is 147 cm³/mol. The average molecular weight is 588 g/mol. The number of phenols is 1. The Morgan fingerprint density at radius 2 is 1.77 bits per heavy atom. The van der Waals surface area contributed by atoms with Crippen LogP contribution in [-0.4, -0.2) is 35.1 Å². The van der Waals surface area contributed by atoms with Crippen LogP contribution >= 0.6 is 15.9 Å². The number of nitrogens with zero attached hydrogens (tertiary/aromatic N) is 1. The summed E-state index contributed by atoms with van der Waals surface area (Å²) in [6.45, 7) is 3.77. The Hall–Kier alpha value is -3.78. The number of para-hydroxylation sites is 1. The van der Waals surface area contributed by atoms with Gasteiger partial charge in [-0.05, 0) is 69.0 Å². The van der Waals surface area contributed by atoms with Gasteiger partial charge >= 0.3 is 0 Å². The van der Waals surface area contributed by atoms with Gasteiger partial charge in [0.25, 0.3) is 0 Å². The number of ketones is 2. The van der Waals surface area contributed by atoms with Crippen molar-refractivity contribution in [2.45, 2.75) is 32.6 Å². The number of phenolic OH excluding ortho intramolecular Hbond substituents is 1. The zero-order chi connectivity index (χ0) is 27.6. The largest absolute Gasteiger partial charge is 0.504 e. The van der Waals surface area contributed by atoms with Crippen LogP contribution in [0.5, 0.6) is 11.5 Å². The summed E-state index contributed by atoms with van der Waals surface area (Å²) in [7, 11) is 0. The van der Waals surface area contributed by atoms with Gasteiger partial charge in [-0.15, -0.1) is 0 Å². The van der Waals surface area contributed by atoms with Crippen LogP contribution < -0.4 is 9.64 Å². The molecule has 6 rings (SSSR count). The summed E-state index contributed by atoms with van der Waals surface area (Å²) in [6, 6.07) is 12.1. The number of allylic oxidation sites excluding steroid dienone is 6. The van der Waals surface area contributed by atoms with E-state index < -0.39 is 23.7 Å². The zero-order valence-electron chi connectivity index (χ0n) is 21.4. The smallest absolute Gasteiger partial charge is 0.238 e. The Kier molecular flexibility index (Phi) is 6.18. The number of carbonyl (C=O) groups is 4. The van der Waals surface area contributed by atoms with E-state index in [-0.39, 0.29) is 41.3 Å². The number of hydrogen-bond donors (Lipinski definition) is 1. The molecule has 7 nitrogen and oxygen atoms in total. The molecular formula is C31H26BrNO6. The summed E-state index contributed by atoms with van der Waals surface area (Å²) in [5.41, 5.74) is 2.76. The Bertz CT molecular complexity index is 1550. The van der Waals surface area contributed by atoms with Crippen LogP contribution in [0.2, 0.25) is 0 Å². The number of carbonyl (C=O) groups excluding carboxylic acids is 4. The number of halogens is 1. The molecule has 4 aliphatic rings. The number of amides is 2. The first-order chi connectivity index (χ1) is 18.7. The minimum Gasteiger partial charge on any atom is -0.504 e. The monoisotopic (exact) mass is 587 g/mol. The third-order valence-corrected chi connectivity index (χ3v) is 8.82. The topological polar surface area (TPSA) is 101 Å². The zero-order valence-corrected chi connectivity index (χ0v) is 23.0. The first-order valence-electron chi connectivity index (χ1n) is 13.0. The molecule has 0 aromatic heterocycles. The van der Waals surface area contributed by atoms with E-state index in [9.17, 15) is 24.3 Å². The van der Waals surface area contributed by atoms with Gasteiger partial charge in [-0.3, -0.25) is 24.1 Å². The van der Waals surface area contributed by atoms with Gasteiger partial charge < -0.3 is 9.84 Å². The molecule has 1 fully saturated rings. The standard InChI is InChI=1S/C31H26BrNO6/c1-3-39-24-6-4-5-19(29(24)36)25-18-11-12-20-26(21(18)14-22-23(34)13-15(2)28(35)27(22)25)31(38)33(30(20)37)17-9-7-16(32)8-10-17/h4-11,13,20-21,25-26,36H,3,12,14H2,1-2H3/t20-,21+,25+,26-/m0/s1. The van der Waals surface area contributed by atoms with Gasteiger partial charge in [0.2, 0.25) is 11.8 Å². The molecule has 1 saturated heterocycles. The minimum absolute atomic E-state index is 0.0994. The van der Waals surface area contributed by atoms with Gasteiger partial charge in [0, 0.05) is 32.7 Å². The summed E-state index contributed by atoms with van der Waals surface area (Å²) in [5, 5.41) is 11.2. The molecule has 1 heterocycles. The molecule has 4 atom stereocenters. The molecule has 0 unspecified atom stereocenters. The lowest BCUT2D eigenvalue weighted by Gasteiger charge is -2.42. The Morgan fingerprint density at radius 3 is 2.49 bits per heavy atom. The van der Waals surface area contributed by atoms with Crippen LogP contribution in [0.25, 0.3) is 0 Å². The normalized spacial score (nSPS) is 26.2. The number of benzene rings is 2. The molecule has 8 heteroatoms. The van der Waals surface area contributed by atoms with Gasteiger partial charge in [0.15, 0.2) is 23.1 Å². The highest BCUT2D eigenvalue weighted by molar-refractivity contribution is 9.10. The SMILES string of the molecule is CCOc1cccc([C@H]2C3=CC[C@@H]4C(=O)N(c5ccc(Br)cc5)C(=O)[C@@H]4[C@@H]3CC3=C2C(=O)C(C)=CC3=O)c1O. The van der Waals surface area contributed by atoms with Crippen LogP contribution in [0, 0.1) is 17.8 Å². The van der Waals surface area contributed by atoms with Crippen molar-refractivity contribution >= 4 is 45.0 Å². The molecule has 0 spiro atoms.